The van der Waals surface area contributed by atoms with Gasteiger partial charge < -0.3 is 14.2 Å². The van der Waals surface area contributed by atoms with Crippen molar-refractivity contribution in [3.8, 4) is 0 Å². The number of fused-ring (bicyclic) bond motifs is 3. The van der Waals surface area contributed by atoms with Crippen LogP contribution in [-0.2, 0) is 24.1 Å². The summed E-state index contributed by atoms with van der Waals surface area (Å²) in [7, 11) is 0. The summed E-state index contributed by atoms with van der Waals surface area (Å²) in [5.41, 5.74) is 4.95. The van der Waals surface area contributed by atoms with Crippen LogP contribution in [0.3, 0.4) is 0 Å². The van der Waals surface area contributed by atoms with E-state index in [9.17, 15) is 18.0 Å². The minimum absolute atomic E-state index is 0.0468. The van der Waals surface area contributed by atoms with Gasteiger partial charge in [-0.3, -0.25) is 9.78 Å². The largest absolute Gasteiger partial charge is 0.433 e. The summed E-state index contributed by atoms with van der Waals surface area (Å²) < 4.78 is 41.0. The highest BCUT2D eigenvalue weighted by molar-refractivity contribution is 5.81. The number of carbonyl (C=O) groups is 1. The third kappa shape index (κ3) is 3.23. The molecule has 2 aliphatic heterocycles. The second-order valence-electron chi connectivity index (χ2n) is 8.31. The molecule has 5 rings (SSSR count). The molecule has 0 spiro atoms. The van der Waals surface area contributed by atoms with Crippen LogP contribution in [0.15, 0.2) is 30.7 Å². The number of anilines is 1. The Morgan fingerprint density at radius 1 is 1.13 bits per heavy atom. The van der Waals surface area contributed by atoms with Crippen LogP contribution in [0.5, 0.6) is 0 Å². The molecule has 5 heterocycles. The van der Waals surface area contributed by atoms with Gasteiger partial charge in [0.15, 0.2) is 0 Å². The molecule has 6 nitrogen and oxygen atoms in total. The van der Waals surface area contributed by atoms with Gasteiger partial charge in [0.1, 0.15) is 11.3 Å². The molecule has 3 aromatic heterocycles. The van der Waals surface area contributed by atoms with Crippen LogP contribution < -0.4 is 4.90 Å². The van der Waals surface area contributed by atoms with E-state index >= 15 is 0 Å². The Bertz CT molecular complexity index is 1190. The molecular formula is C22H22F3N5O. The number of pyridine rings is 2. The number of rotatable bonds is 2. The number of imidazole rings is 1. The lowest BCUT2D eigenvalue weighted by molar-refractivity contribution is -0.141. The van der Waals surface area contributed by atoms with E-state index in [4.69, 9.17) is 0 Å². The van der Waals surface area contributed by atoms with Gasteiger partial charge in [0, 0.05) is 55.2 Å². The molecule has 1 amide bonds. The van der Waals surface area contributed by atoms with Gasteiger partial charge in [-0.2, -0.15) is 13.2 Å². The Morgan fingerprint density at radius 3 is 2.68 bits per heavy atom. The fraction of sp³-hybridized carbons (Fsp3) is 0.409. The molecule has 3 aromatic rings. The third-order valence-corrected chi connectivity index (χ3v) is 6.58. The highest BCUT2D eigenvalue weighted by Crippen LogP contribution is 2.35. The summed E-state index contributed by atoms with van der Waals surface area (Å²) in [6, 6.07) is 2.62. The summed E-state index contributed by atoms with van der Waals surface area (Å²) in [6.45, 7) is 6.13. The minimum Gasteiger partial charge on any atom is -0.371 e. The predicted molar refractivity (Wildman–Crippen MR) is 108 cm³/mol. The summed E-state index contributed by atoms with van der Waals surface area (Å²) >= 11 is 0. The number of hydrogen-bond donors (Lipinski definition) is 0. The van der Waals surface area contributed by atoms with Crippen LogP contribution >= 0.6 is 0 Å². The molecule has 162 valence electrons. The number of aromatic nitrogens is 3. The Kier molecular flexibility index (Phi) is 4.46. The molecule has 0 aromatic carbocycles. The van der Waals surface area contributed by atoms with Crippen molar-refractivity contribution in [3.63, 3.8) is 0 Å². The number of hydrogen-bond acceptors (Lipinski definition) is 4. The summed E-state index contributed by atoms with van der Waals surface area (Å²) in [4.78, 5) is 24.9. The minimum atomic E-state index is -4.49. The molecule has 1 saturated heterocycles. The topological polar surface area (TPSA) is 53.7 Å². The molecule has 1 atom stereocenters. The van der Waals surface area contributed by atoms with Gasteiger partial charge in [0.25, 0.3) is 0 Å². The molecule has 0 saturated carbocycles. The van der Waals surface area contributed by atoms with E-state index in [2.05, 4.69) is 21.3 Å². The zero-order chi connectivity index (χ0) is 21.9. The molecule has 0 radical (unpaired) electrons. The number of nitrogens with zero attached hydrogens (tertiary/aromatic N) is 5. The lowest BCUT2D eigenvalue weighted by atomic mass is 10.0. The SMILES string of the molecule is Cc1c2c(c3nccn3c1C)CN(C(=O)C1CCN(c3ccnc(C(F)(F)F)c3)C1)C2. The number of carbonyl (C=O) groups excluding carboxylic acids is 1. The summed E-state index contributed by atoms with van der Waals surface area (Å²) in [6.07, 6.45) is 1.00. The molecular weight excluding hydrogens is 407 g/mol. The highest BCUT2D eigenvalue weighted by Gasteiger charge is 2.37. The Labute approximate surface area is 177 Å². The summed E-state index contributed by atoms with van der Waals surface area (Å²) in [5, 5.41) is 0. The molecule has 1 unspecified atom stereocenters. The van der Waals surface area contributed by atoms with Crippen molar-refractivity contribution in [2.75, 3.05) is 18.0 Å². The lowest BCUT2D eigenvalue weighted by Gasteiger charge is -2.22. The monoisotopic (exact) mass is 429 g/mol. The van der Waals surface area contributed by atoms with Crippen LogP contribution in [0.4, 0.5) is 18.9 Å². The Hall–Kier alpha value is -3.10. The maximum atomic E-state index is 13.3. The lowest BCUT2D eigenvalue weighted by Crippen LogP contribution is -2.34. The van der Waals surface area contributed by atoms with Crippen LogP contribution in [-0.4, -0.2) is 38.3 Å². The first-order chi connectivity index (χ1) is 14.7. The van der Waals surface area contributed by atoms with Crippen molar-refractivity contribution >= 4 is 17.2 Å². The number of aryl methyl sites for hydroxylation is 1. The van der Waals surface area contributed by atoms with E-state index in [0.717, 1.165) is 28.5 Å². The van der Waals surface area contributed by atoms with Gasteiger partial charge in [0.2, 0.25) is 5.91 Å². The van der Waals surface area contributed by atoms with Crippen molar-refractivity contribution in [1.29, 1.82) is 0 Å². The molecule has 0 N–H and O–H groups in total. The molecule has 9 heteroatoms. The predicted octanol–water partition coefficient (Wildman–Crippen LogP) is 3.73. The van der Waals surface area contributed by atoms with Gasteiger partial charge in [-0.05, 0) is 43.5 Å². The normalized spacial score (nSPS) is 18.8. The fourth-order valence-corrected chi connectivity index (χ4v) is 4.76. The number of alkyl halides is 3. The first-order valence-electron chi connectivity index (χ1n) is 10.2. The standard InChI is InChI=1S/C22H22F3N5O/c1-13-14(2)30-8-6-27-20(30)18-12-29(11-17(13)18)21(31)15-4-7-28(10-15)16-3-5-26-19(9-16)22(23,24)25/h3,5-6,8-9,15H,4,7,10-12H2,1-2H3. The second-order valence-corrected chi connectivity index (χ2v) is 8.31. The third-order valence-electron chi connectivity index (χ3n) is 6.58. The van der Waals surface area contributed by atoms with Gasteiger partial charge in [-0.25, -0.2) is 4.98 Å². The first kappa shape index (κ1) is 19.8. The maximum absolute atomic E-state index is 13.3. The van der Waals surface area contributed by atoms with Crippen molar-refractivity contribution in [1.82, 2.24) is 19.3 Å². The van der Waals surface area contributed by atoms with E-state index < -0.39 is 11.9 Å². The zero-order valence-corrected chi connectivity index (χ0v) is 17.3. The van der Waals surface area contributed by atoms with Crippen molar-refractivity contribution in [3.05, 3.63) is 58.8 Å². The van der Waals surface area contributed by atoms with Gasteiger partial charge in [-0.15, -0.1) is 0 Å². The maximum Gasteiger partial charge on any atom is 0.433 e. The van der Waals surface area contributed by atoms with Crippen molar-refractivity contribution < 1.29 is 18.0 Å². The van der Waals surface area contributed by atoms with E-state index in [-0.39, 0.29) is 11.8 Å². The molecule has 0 aliphatic carbocycles. The van der Waals surface area contributed by atoms with Gasteiger partial charge in [0.05, 0.1) is 12.5 Å². The number of amides is 1. The van der Waals surface area contributed by atoms with Crippen LogP contribution in [0.1, 0.15) is 34.5 Å². The Morgan fingerprint density at radius 2 is 1.90 bits per heavy atom. The molecule has 2 aliphatic rings. The van der Waals surface area contributed by atoms with Crippen molar-refractivity contribution in [2.24, 2.45) is 5.92 Å². The number of halogens is 3. The Balaban J connectivity index is 1.34. The van der Waals surface area contributed by atoms with E-state index in [1.807, 2.05) is 22.9 Å². The quantitative estimate of drug-likeness (QED) is 0.623. The zero-order valence-electron chi connectivity index (χ0n) is 17.3. The average Bonchev–Trinajstić information content (AvgIpc) is 3.49. The van der Waals surface area contributed by atoms with Gasteiger partial charge >= 0.3 is 6.18 Å². The van der Waals surface area contributed by atoms with Crippen LogP contribution in [0, 0.1) is 19.8 Å². The summed E-state index contributed by atoms with van der Waals surface area (Å²) in [5.74, 6) is -0.195. The fourth-order valence-electron chi connectivity index (χ4n) is 4.76. The second kappa shape index (κ2) is 6.96. The average molecular weight is 429 g/mol. The van der Waals surface area contributed by atoms with Crippen LogP contribution in [0.25, 0.3) is 5.65 Å². The van der Waals surface area contributed by atoms with E-state index in [0.29, 0.717) is 38.3 Å². The smallest absolute Gasteiger partial charge is 0.371 e. The first-order valence-corrected chi connectivity index (χ1v) is 10.2. The van der Waals surface area contributed by atoms with E-state index in [1.165, 1.54) is 11.8 Å². The van der Waals surface area contributed by atoms with Crippen molar-refractivity contribution in [2.45, 2.75) is 39.5 Å². The highest BCUT2D eigenvalue weighted by atomic mass is 19.4. The van der Waals surface area contributed by atoms with Crippen LogP contribution in [0.2, 0.25) is 0 Å². The molecule has 1 fully saturated rings. The molecule has 0 bridgehead atoms. The van der Waals surface area contributed by atoms with Gasteiger partial charge in [-0.1, -0.05) is 0 Å². The van der Waals surface area contributed by atoms with E-state index in [1.54, 1.807) is 12.3 Å². The molecule has 31 heavy (non-hydrogen) atoms.